The van der Waals surface area contributed by atoms with Crippen LogP contribution in [0.5, 0.6) is 0 Å². The highest BCUT2D eigenvalue weighted by Crippen LogP contribution is 2.12. The summed E-state index contributed by atoms with van der Waals surface area (Å²) < 4.78 is 5.03. The Morgan fingerprint density at radius 1 is 1.00 bits per heavy atom. The number of carbonyl (C=O) groups is 4. The Morgan fingerprint density at radius 3 is 2.39 bits per heavy atom. The Kier molecular flexibility index (Phi) is 7.45. The van der Waals surface area contributed by atoms with Crippen molar-refractivity contribution >= 4 is 29.3 Å². The summed E-state index contributed by atoms with van der Waals surface area (Å²) in [5.41, 5.74) is 1.72. The molecule has 0 radical (unpaired) electrons. The highest BCUT2D eigenvalue weighted by atomic mass is 16.5. The topological polar surface area (TPSA) is 102 Å². The Hall–Kier alpha value is -3.48. The summed E-state index contributed by atoms with van der Waals surface area (Å²) in [4.78, 5) is 47.2. The number of Topliss-reactive ketones (excluding diaryl/α,β-unsaturated/α-hetero) is 1. The number of ketones is 1. The zero-order valence-electron chi connectivity index (χ0n) is 15.7. The van der Waals surface area contributed by atoms with Crippen molar-refractivity contribution in [3.05, 3.63) is 65.7 Å². The average molecular weight is 382 g/mol. The SMILES string of the molecule is CC(=O)c1cccc(NC(=O)[C@H](C)OC(=O)CNC(=O)Cc2ccccc2)c1. The molecule has 0 aliphatic heterocycles. The number of amides is 2. The molecule has 2 aromatic rings. The monoisotopic (exact) mass is 382 g/mol. The summed E-state index contributed by atoms with van der Waals surface area (Å²) in [5, 5.41) is 5.05. The molecular formula is C21H22N2O5. The Bertz CT molecular complexity index is 864. The molecule has 0 spiro atoms. The number of ether oxygens (including phenoxy) is 1. The quantitative estimate of drug-likeness (QED) is 0.538. The van der Waals surface area contributed by atoms with E-state index < -0.39 is 18.0 Å². The van der Waals surface area contributed by atoms with E-state index >= 15 is 0 Å². The number of benzene rings is 2. The first-order valence-corrected chi connectivity index (χ1v) is 8.77. The van der Waals surface area contributed by atoms with Gasteiger partial charge in [0.05, 0.1) is 6.42 Å². The summed E-state index contributed by atoms with van der Waals surface area (Å²) in [6, 6.07) is 15.6. The van der Waals surface area contributed by atoms with E-state index in [9.17, 15) is 19.2 Å². The lowest BCUT2D eigenvalue weighted by molar-refractivity contribution is -0.152. The first kappa shape index (κ1) is 20.8. The smallest absolute Gasteiger partial charge is 0.326 e. The van der Waals surface area contributed by atoms with Crippen molar-refractivity contribution in [1.29, 1.82) is 0 Å². The standard InChI is InChI=1S/C21H22N2O5/c1-14(24)17-9-6-10-18(12-17)23-21(27)15(2)28-20(26)13-22-19(25)11-16-7-4-3-5-8-16/h3-10,12,15H,11,13H2,1-2H3,(H,22,25)(H,23,27)/t15-/m0/s1. The van der Waals surface area contributed by atoms with E-state index in [1.54, 1.807) is 24.3 Å². The van der Waals surface area contributed by atoms with Crippen LogP contribution in [0.1, 0.15) is 29.8 Å². The van der Waals surface area contributed by atoms with Gasteiger partial charge in [-0.1, -0.05) is 42.5 Å². The molecule has 0 aromatic heterocycles. The summed E-state index contributed by atoms with van der Waals surface area (Å²) in [5.74, 6) is -1.70. The number of hydrogen-bond acceptors (Lipinski definition) is 5. The summed E-state index contributed by atoms with van der Waals surface area (Å²) >= 11 is 0. The number of anilines is 1. The third-order valence-electron chi connectivity index (χ3n) is 3.85. The maximum atomic E-state index is 12.1. The van der Waals surface area contributed by atoms with Gasteiger partial charge in [0.1, 0.15) is 6.54 Å². The zero-order chi connectivity index (χ0) is 20.5. The second kappa shape index (κ2) is 10.0. The summed E-state index contributed by atoms with van der Waals surface area (Å²) in [6.07, 6.45) is -0.907. The van der Waals surface area contributed by atoms with Gasteiger partial charge in [0.15, 0.2) is 11.9 Å². The van der Waals surface area contributed by atoms with Crippen LogP contribution >= 0.6 is 0 Å². The Labute approximate surface area is 163 Å². The Morgan fingerprint density at radius 2 is 1.71 bits per heavy atom. The largest absolute Gasteiger partial charge is 0.451 e. The molecule has 0 saturated heterocycles. The van der Waals surface area contributed by atoms with E-state index in [0.29, 0.717) is 11.3 Å². The van der Waals surface area contributed by atoms with Crippen LogP contribution in [0.2, 0.25) is 0 Å². The lowest BCUT2D eigenvalue weighted by Crippen LogP contribution is -2.36. The maximum Gasteiger partial charge on any atom is 0.326 e. The molecule has 0 bridgehead atoms. The van der Waals surface area contributed by atoms with E-state index in [-0.39, 0.29) is 24.7 Å². The molecule has 0 heterocycles. The molecule has 7 heteroatoms. The lowest BCUT2D eigenvalue weighted by Gasteiger charge is -2.14. The number of hydrogen-bond donors (Lipinski definition) is 2. The fourth-order valence-electron chi connectivity index (χ4n) is 2.37. The number of carbonyl (C=O) groups excluding carboxylic acids is 4. The van der Waals surface area contributed by atoms with Crippen LogP contribution in [0.15, 0.2) is 54.6 Å². The van der Waals surface area contributed by atoms with Gasteiger partial charge in [-0.3, -0.25) is 19.2 Å². The van der Waals surface area contributed by atoms with Gasteiger partial charge in [-0.2, -0.15) is 0 Å². The molecular weight excluding hydrogens is 360 g/mol. The third-order valence-corrected chi connectivity index (χ3v) is 3.85. The van der Waals surface area contributed by atoms with Crippen LogP contribution < -0.4 is 10.6 Å². The predicted octanol–water partition coefficient (Wildman–Crippen LogP) is 2.12. The van der Waals surface area contributed by atoms with Crippen LogP contribution in [0.3, 0.4) is 0 Å². The molecule has 7 nitrogen and oxygen atoms in total. The molecule has 2 aromatic carbocycles. The van der Waals surface area contributed by atoms with E-state index in [0.717, 1.165) is 5.56 Å². The van der Waals surface area contributed by atoms with E-state index in [1.165, 1.54) is 13.8 Å². The highest BCUT2D eigenvalue weighted by molar-refractivity contribution is 5.98. The molecule has 1 atom stereocenters. The molecule has 0 saturated carbocycles. The van der Waals surface area contributed by atoms with Crippen molar-refractivity contribution in [2.45, 2.75) is 26.4 Å². The van der Waals surface area contributed by atoms with Gasteiger partial charge in [-0.05, 0) is 31.5 Å². The van der Waals surface area contributed by atoms with Crippen molar-refractivity contribution < 1.29 is 23.9 Å². The average Bonchev–Trinajstić information content (AvgIpc) is 2.67. The zero-order valence-corrected chi connectivity index (χ0v) is 15.7. The summed E-state index contributed by atoms with van der Waals surface area (Å²) in [6.45, 7) is 2.52. The third kappa shape index (κ3) is 6.68. The van der Waals surface area contributed by atoms with Crippen LogP contribution in [0, 0.1) is 0 Å². The van der Waals surface area contributed by atoms with Gasteiger partial charge in [-0.25, -0.2) is 0 Å². The predicted molar refractivity (Wildman–Crippen MR) is 104 cm³/mol. The van der Waals surface area contributed by atoms with Crippen LogP contribution in [0.25, 0.3) is 0 Å². The van der Waals surface area contributed by atoms with Gasteiger partial charge in [0.25, 0.3) is 5.91 Å². The minimum absolute atomic E-state index is 0.123. The Balaban J connectivity index is 1.78. The van der Waals surface area contributed by atoms with Gasteiger partial charge in [0.2, 0.25) is 5.91 Å². The van der Waals surface area contributed by atoms with Crippen LogP contribution in [-0.2, 0) is 25.5 Å². The van der Waals surface area contributed by atoms with Gasteiger partial charge >= 0.3 is 5.97 Å². The highest BCUT2D eigenvalue weighted by Gasteiger charge is 2.18. The second-order valence-corrected chi connectivity index (χ2v) is 6.20. The van der Waals surface area contributed by atoms with Gasteiger partial charge < -0.3 is 15.4 Å². The van der Waals surface area contributed by atoms with Crippen molar-refractivity contribution in [3.8, 4) is 0 Å². The molecule has 0 aliphatic rings. The van der Waals surface area contributed by atoms with Gasteiger partial charge in [-0.15, -0.1) is 0 Å². The fourth-order valence-corrected chi connectivity index (χ4v) is 2.37. The van der Waals surface area contributed by atoms with E-state index in [1.807, 2.05) is 30.3 Å². The number of nitrogens with one attached hydrogen (secondary N) is 2. The van der Waals surface area contributed by atoms with Crippen molar-refractivity contribution in [2.75, 3.05) is 11.9 Å². The minimum atomic E-state index is -1.06. The number of esters is 1. The fraction of sp³-hybridized carbons (Fsp3) is 0.238. The first-order chi connectivity index (χ1) is 13.3. The van der Waals surface area contributed by atoms with Gasteiger partial charge in [0, 0.05) is 11.3 Å². The van der Waals surface area contributed by atoms with Crippen LogP contribution in [0.4, 0.5) is 5.69 Å². The normalized spacial score (nSPS) is 11.2. The summed E-state index contributed by atoms with van der Waals surface area (Å²) in [7, 11) is 0. The first-order valence-electron chi connectivity index (χ1n) is 8.77. The molecule has 0 fully saturated rings. The molecule has 146 valence electrons. The molecule has 0 aliphatic carbocycles. The second-order valence-electron chi connectivity index (χ2n) is 6.20. The van der Waals surface area contributed by atoms with Crippen molar-refractivity contribution in [1.82, 2.24) is 5.32 Å². The molecule has 2 amide bonds. The molecule has 28 heavy (non-hydrogen) atoms. The van der Waals surface area contributed by atoms with E-state index in [2.05, 4.69) is 10.6 Å². The van der Waals surface area contributed by atoms with Crippen molar-refractivity contribution in [2.24, 2.45) is 0 Å². The van der Waals surface area contributed by atoms with Crippen molar-refractivity contribution in [3.63, 3.8) is 0 Å². The lowest BCUT2D eigenvalue weighted by atomic mass is 10.1. The number of rotatable bonds is 8. The van der Waals surface area contributed by atoms with Crippen LogP contribution in [-0.4, -0.2) is 36.2 Å². The minimum Gasteiger partial charge on any atom is -0.451 e. The molecule has 0 unspecified atom stereocenters. The maximum absolute atomic E-state index is 12.1. The molecule has 2 N–H and O–H groups in total. The molecule has 2 rings (SSSR count). The van der Waals surface area contributed by atoms with E-state index in [4.69, 9.17) is 4.74 Å².